The van der Waals surface area contributed by atoms with Gasteiger partial charge in [0.05, 0.1) is 12.9 Å². The fourth-order valence-corrected chi connectivity index (χ4v) is 2.23. The zero-order valence-electron chi connectivity index (χ0n) is 13.5. The van der Waals surface area contributed by atoms with Crippen molar-refractivity contribution in [1.82, 2.24) is 9.55 Å². The van der Waals surface area contributed by atoms with Crippen LogP contribution in [-0.2, 0) is 6.54 Å². The van der Waals surface area contributed by atoms with Crippen molar-refractivity contribution in [3.63, 3.8) is 0 Å². The molecule has 0 unspecified atom stereocenters. The van der Waals surface area contributed by atoms with Gasteiger partial charge >= 0.3 is 0 Å². The third kappa shape index (κ3) is 3.74. The molecule has 0 bridgehead atoms. The first kappa shape index (κ1) is 16.2. The van der Waals surface area contributed by atoms with Crippen LogP contribution in [0.1, 0.15) is 22.4 Å². The zero-order valence-corrected chi connectivity index (χ0v) is 13.5. The third-order valence-electron chi connectivity index (χ3n) is 3.68. The van der Waals surface area contributed by atoms with Crippen molar-refractivity contribution >= 4 is 0 Å². The van der Waals surface area contributed by atoms with E-state index in [1.54, 1.807) is 13.8 Å². The van der Waals surface area contributed by atoms with E-state index in [2.05, 4.69) is 4.98 Å². The van der Waals surface area contributed by atoms with Crippen LogP contribution in [0.3, 0.4) is 0 Å². The standard InChI is InChI=1S/C17H22N2O3/c1-11-5-6-16(12(2)7-11)22-9-15(20)8-19-10-18-14(4)13(3)17(19)21/h5-7,10,15,20H,8-9H2,1-4H3/t15-/m1/s1. The number of aliphatic hydroxyl groups is 1. The maximum Gasteiger partial charge on any atom is 0.256 e. The summed E-state index contributed by atoms with van der Waals surface area (Å²) in [5.41, 5.74) is 3.38. The molecule has 2 aromatic rings. The van der Waals surface area contributed by atoms with Crippen LogP contribution in [0.5, 0.6) is 5.75 Å². The molecule has 0 fully saturated rings. The van der Waals surface area contributed by atoms with Gasteiger partial charge in [0.25, 0.3) is 5.56 Å². The Morgan fingerprint density at radius 3 is 2.68 bits per heavy atom. The van der Waals surface area contributed by atoms with Crippen LogP contribution in [0.15, 0.2) is 29.3 Å². The maximum absolute atomic E-state index is 12.1. The number of nitrogens with zero attached hydrogens (tertiary/aromatic N) is 2. The molecule has 2 rings (SSSR count). The normalized spacial score (nSPS) is 12.2. The first-order valence-corrected chi connectivity index (χ1v) is 7.29. The second-order valence-electron chi connectivity index (χ2n) is 5.65. The molecule has 0 saturated carbocycles. The lowest BCUT2D eigenvalue weighted by Crippen LogP contribution is -2.31. The van der Waals surface area contributed by atoms with Gasteiger partial charge in [0.15, 0.2) is 0 Å². The van der Waals surface area contributed by atoms with Crippen LogP contribution in [0.2, 0.25) is 0 Å². The third-order valence-corrected chi connectivity index (χ3v) is 3.68. The largest absolute Gasteiger partial charge is 0.491 e. The zero-order chi connectivity index (χ0) is 16.3. The minimum absolute atomic E-state index is 0.127. The van der Waals surface area contributed by atoms with Gasteiger partial charge in [0, 0.05) is 11.3 Å². The molecule has 1 aromatic heterocycles. The van der Waals surface area contributed by atoms with Crippen molar-refractivity contribution in [2.45, 2.75) is 40.3 Å². The van der Waals surface area contributed by atoms with Crippen molar-refractivity contribution in [2.75, 3.05) is 6.61 Å². The summed E-state index contributed by atoms with van der Waals surface area (Å²) in [6.45, 7) is 7.80. The molecule has 1 atom stereocenters. The Morgan fingerprint density at radius 1 is 1.27 bits per heavy atom. The Morgan fingerprint density at radius 2 is 2.00 bits per heavy atom. The predicted molar refractivity (Wildman–Crippen MR) is 85.4 cm³/mol. The smallest absolute Gasteiger partial charge is 0.256 e. The van der Waals surface area contributed by atoms with Crippen molar-refractivity contribution in [1.29, 1.82) is 0 Å². The molecule has 118 valence electrons. The van der Waals surface area contributed by atoms with Gasteiger partial charge in [-0.25, -0.2) is 4.98 Å². The minimum Gasteiger partial charge on any atom is -0.491 e. The first-order chi connectivity index (χ1) is 10.4. The van der Waals surface area contributed by atoms with Crippen molar-refractivity contribution < 1.29 is 9.84 Å². The number of aromatic nitrogens is 2. The van der Waals surface area contributed by atoms with Gasteiger partial charge in [0.2, 0.25) is 0 Å². The lowest BCUT2D eigenvalue weighted by atomic mass is 10.1. The molecule has 22 heavy (non-hydrogen) atoms. The van der Waals surface area contributed by atoms with Crippen LogP contribution in [-0.4, -0.2) is 27.4 Å². The lowest BCUT2D eigenvalue weighted by molar-refractivity contribution is 0.0909. The summed E-state index contributed by atoms with van der Waals surface area (Å²) >= 11 is 0. The van der Waals surface area contributed by atoms with E-state index >= 15 is 0 Å². The molecule has 5 nitrogen and oxygen atoms in total. The SMILES string of the molecule is Cc1ccc(OC[C@H](O)Cn2cnc(C)c(C)c2=O)c(C)c1. The predicted octanol–water partition coefficient (Wildman–Crippen LogP) is 1.92. The highest BCUT2D eigenvalue weighted by Crippen LogP contribution is 2.18. The summed E-state index contributed by atoms with van der Waals surface area (Å²) in [6, 6.07) is 5.88. The van der Waals surface area contributed by atoms with E-state index in [9.17, 15) is 9.90 Å². The molecule has 0 aliphatic rings. The number of hydrogen-bond donors (Lipinski definition) is 1. The molecule has 0 aliphatic carbocycles. The van der Waals surface area contributed by atoms with E-state index in [1.165, 1.54) is 10.9 Å². The van der Waals surface area contributed by atoms with Crippen LogP contribution in [0, 0.1) is 27.7 Å². The summed E-state index contributed by atoms with van der Waals surface area (Å²) in [6.07, 6.45) is 0.688. The topological polar surface area (TPSA) is 64.3 Å². The number of rotatable bonds is 5. The van der Waals surface area contributed by atoms with Gasteiger partial charge in [-0.1, -0.05) is 17.7 Å². The van der Waals surface area contributed by atoms with Gasteiger partial charge in [0.1, 0.15) is 18.5 Å². The highest BCUT2D eigenvalue weighted by molar-refractivity contribution is 5.35. The number of hydrogen-bond acceptors (Lipinski definition) is 4. The Bertz CT molecular complexity index is 722. The molecule has 1 N–H and O–H groups in total. The molecule has 0 aliphatic heterocycles. The number of aryl methyl sites for hydroxylation is 3. The van der Waals surface area contributed by atoms with Gasteiger partial charge in [-0.3, -0.25) is 9.36 Å². The van der Waals surface area contributed by atoms with Crippen molar-refractivity contribution in [3.8, 4) is 5.75 Å². The fourth-order valence-electron chi connectivity index (χ4n) is 2.23. The Hall–Kier alpha value is -2.14. The van der Waals surface area contributed by atoms with E-state index in [1.807, 2.05) is 32.0 Å². The summed E-state index contributed by atoms with van der Waals surface area (Å²) in [5.74, 6) is 0.746. The molecule has 5 heteroatoms. The van der Waals surface area contributed by atoms with Crippen LogP contribution in [0.4, 0.5) is 0 Å². The number of ether oxygens (including phenoxy) is 1. The fraction of sp³-hybridized carbons (Fsp3) is 0.412. The first-order valence-electron chi connectivity index (χ1n) is 7.29. The van der Waals surface area contributed by atoms with Crippen molar-refractivity contribution in [2.24, 2.45) is 0 Å². The Kier molecular flexibility index (Phi) is 4.98. The second-order valence-corrected chi connectivity index (χ2v) is 5.65. The molecule has 0 saturated heterocycles. The highest BCUT2D eigenvalue weighted by Gasteiger charge is 2.11. The average molecular weight is 302 g/mol. The van der Waals surface area contributed by atoms with Gasteiger partial charge in [-0.2, -0.15) is 0 Å². The maximum atomic E-state index is 12.1. The van der Waals surface area contributed by atoms with Crippen LogP contribution < -0.4 is 10.3 Å². The van der Waals surface area contributed by atoms with Crippen LogP contribution >= 0.6 is 0 Å². The number of aliphatic hydroxyl groups excluding tert-OH is 1. The number of benzene rings is 1. The lowest BCUT2D eigenvalue weighted by Gasteiger charge is -2.15. The molecule has 0 amide bonds. The van der Waals surface area contributed by atoms with E-state index in [0.29, 0.717) is 11.3 Å². The molecular formula is C17H22N2O3. The monoisotopic (exact) mass is 302 g/mol. The van der Waals surface area contributed by atoms with Crippen LogP contribution in [0.25, 0.3) is 0 Å². The highest BCUT2D eigenvalue weighted by atomic mass is 16.5. The Balaban J connectivity index is 2.00. The summed E-state index contributed by atoms with van der Waals surface area (Å²) in [7, 11) is 0. The molecule has 1 aromatic carbocycles. The van der Waals surface area contributed by atoms with E-state index in [0.717, 1.165) is 16.9 Å². The minimum atomic E-state index is -0.776. The summed E-state index contributed by atoms with van der Waals surface area (Å²) < 4.78 is 7.05. The summed E-state index contributed by atoms with van der Waals surface area (Å²) in [5, 5.41) is 10.1. The average Bonchev–Trinajstić information content (AvgIpc) is 2.47. The van der Waals surface area contributed by atoms with Crippen molar-refractivity contribution in [3.05, 3.63) is 57.3 Å². The molecule has 1 heterocycles. The molecule has 0 spiro atoms. The quantitative estimate of drug-likeness (QED) is 0.916. The second kappa shape index (κ2) is 6.75. The van der Waals surface area contributed by atoms with Gasteiger partial charge in [-0.15, -0.1) is 0 Å². The Labute approximate surface area is 130 Å². The van der Waals surface area contributed by atoms with E-state index in [4.69, 9.17) is 4.74 Å². The van der Waals surface area contributed by atoms with Gasteiger partial charge in [-0.05, 0) is 39.3 Å². The summed E-state index contributed by atoms with van der Waals surface area (Å²) in [4.78, 5) is 16.2. The van der Waals surface area contributed by atoms with E-state index in [-0.39, 0.29) is 18.7 Å². The van der Waals surface area contributed by atoms with Gasteiger partial charge < -0.3 is 9.84 Å². The van der Waals surface area contributed by atoms with E-state index < -0.39 is 6.10 Å². The molecule has 0 radical (unpaired) electrons. The molecular weight excluding hydrogens is 280 g/mol.